The molecule has 1 aliphatic rings. The molecule has 7 heteroatoms. The number of benzene rings is 1. The highest BCUT2D eigenvalue weighted by Crippen LogP contribution is 2.30. The van der Waals surface area contributed by atoms with Crippen LogP contribution in [0.5, 0.6) is 0 Å². The van der Waals surface area contributed by atoms with E-state index in [9.17, 15) is 4.79 Å². The lowest BCUT2D eigenvalue weighted by atomic mass is 10.1. The maximum Gasteiger partial charge on any atom is 0.232 e. The number of hydrogen-bond acceptors (Lipinski definition) is 5. The molecule has 1 unspecified atom stereocenters. The Morgan fingerprint density at radius 1 is 1.45 bits per heavy atom. The number of carbonyl (C=O) groups excluding carboxylic acids is 1. The van der Waals surface area contributed by atoms with Crippen LogP contribution in [0.3, 0.4) is 0 Å². The summed E-state index contributed by atoms with van der Waals surface area (Å²) in [5.41, 5.74) is 0.722. The van der Waals surface area contributed by atoms with Gasteiger partial charge in [0.05, 0.1) is 17.5 Å². The largest absolute Gasteiger partial charge is 0.383 e. The van der Waals surface area contributed by atoms with Gasteiger partial charge in [0.25, 0.3) is 0 Å². The van der Waals surface area contributed by atoms with Gasteiger partial charge in [0.2, 0.25) is 17.6 Å². The number of methoxy groups -OCH3 is 1. The fraction of sp³-hybridized carbons (Fsp3) is 0.400. The van der Waals surface area contributed by atoms with Gasteiger partial charge < -0.3 is 14.2 Å². The van der Waals surface area contributed by atoms with Crippen LogP contribution in [0.1, 0.15) is 18.2 Å². The smallest absolute Gasteiger partial charge is 0.232 e. The average molecular weight is 322 g/mol. The molecule has 0 bridgehead atoms. The fourth-order valence-corrected chi connectivity index (χ4v) is 2.73. The third kappa shape index (κ3) is 2.98. The van der Waals surface area contributed by atoms with Gasteiger partial charge in [-0.15, -0.1) is 0 Å². The van der Waals surface area contributed by atoms with E-state index in [1.54, 1.807) is 18.1 Å². The van der Waals surface area contributed by atoms with Crippen LogP contribution in [0.2, 0.25) is 5.02 Å². The van der Waals surface area contributed by atoms with Crippen molar-refractivity contribution in [3.63, 3.8) is 0 Å². The average Bonchev–Trinajstić information content (AvgIpc) is 3.12. The minimum absolute atomic E-state index is 0.0758. The van der Waals surface area contributed by atoms with E-state index in [4.69, 9.17) is 20.9 Å². The molecule has 1 saturated heterocycles. The van der Waals surface area contributed by atoms with Gasteiger partial charge in [0.1, 0.15) is 0 Å². The standard InChI is InChI=1S/C15H16ClN3O3/c1-21-7-6-19-9-10(8-13(19)20)15-17-14(18-22-15)11-4-2-3-5-12(11)16/h2-5,10H,6-9H2,1H3. The summed E-state index contributed by atoms with van der Waals surface area (Å²) in [6.07, 6.45) is 0.383. The van der Waals surface area contributed by atoms with Crippen molar-refractivity contribution in [1.29, 1.82) is 0 Å². The maximum atomic E-state index is 12.0. The van der Waals surface area contributed by atoms with Gasteiger partial charge in [-0.2, -0.15) is 4.98 Å². The highest BCUT2D eigenvalue weighted by atomic mass is 35.5. The fourth-order valence-electron chi connectivity index (χ4n) is 2.51. The zero-order valence-corrected chi connectivity index (χ0v) is 12.9. The van der Waals surface area contributed by atoms with Gasteiger partial charge in [-0.25, -0.2) is 0 Å². The summed E-state index contributed by atoms with van der Waals surface area (Å²) in [5.74, 6) is 0.930. The van der Waals surface area contributed by atoms with Gasteiger partial charge >= 0.3 is 0 Å². The Morgan fingerprint density at radius 2 is 2.27 bits per heavy atom. The van der Waals surface area contributed by atoms with Crippen molar-refractivity contribution in [1.82, 2.24) is 15.0 Å². The second-order valence-electron chi connectivity index (χ2n) is 5.17. The third-order valence-corrected chi connectivity index (χ3v) is 4.02. The molecule has 0 radical (unpaired) electrons. The van der Waals surface area contributed by atoms with E-state index in [0.29, 0.717) is 42.9 Å². The molecule has 1 amide bonds. The molecule has 2 aromatic rings. The van der Waals surface area contributed by atoms with E-state index in [0.717, 1.165) is 5.56 Å². The van der Waals surface area contributed by atoms with Crippen LogP contribution >= 0.6 is 11.6 Å². The van der Waals surface area contributed by atoms with E-state index in [2.05, 4.69) is 10.1 Å². The quantitative estimate of drug-likeness (QED) is 0.845. The predicted octanol–water partition coefficient (Wildman–Crippen LogP) is 2.35. The molecule has 0 aliphatic carbocycles. The Kier molecular flexibility index (Phi) is 4.40. The lowest BCUT2D eigenvalue weighted by Crippen LogP contribution is -2.28. The number of nitrogens with zero attached hydrogens (tertiary/aromatic N) is 3. The van der Waals surface area contributed by atoms with E-state index in [-0.39, 0.29) is 11.8 Å². The highest BCUT2D eigenvalue weighted by Gasteiger charge is 2.34. The van der Waals surface area contributed by atoms with Crippen LogP contribution in [0.15, 0.2) is 28.8 Å². The van der Waals surface area contributed by atoms with Gasteiger partial charge in [0, 0.05) is 32.2 Å². The van der Waals surface area contributed by atoms with Crippen molar-refractivity contribution in [2.24, 2.45) is 0 Å². The lowest BCUT2D eigenvalue weighted by molar-refractivity contribution is -0.128. The Bertz CT molecular complexity index is 674. The Morgan fingerprint density at radius 3 is 3.05 bits per heavy atom. The van der Waals surface area contributed by atoms with Crippen molar-refractivity contribution in [2.75, 3.05) is 26.8 Å². The van der Waals surface area contributed by atoms with Crippen LogP contribution in [0.25, 0.3) is 11.4 Å². The maximum absolute atomic E-state index is 12.0. The molecule has 22 heavy (non-hydrogen) atoms. The molecular weight excluding hydrogens is 306 g/mol. The van der Waals surface area contributed by atoms with Gasteiger partial charge in [-0.05, 0) is 12.1 Å². The summed E-state index contributed by atoms with van der Waals surface area (Å²) >= 11 is 6.13. The first-order chi connectivity index (χ1) is 10.7. The number of amides is 1. The van der Waals surface area contributed by atoms with Crippen molar-refractivity contribution in [3.05, 3.63) is 35.2 Å². The molecule has 0 spiro atoms. The number of halogens is 1. The topological polar surface area (TPSA) is 68.5 Å². The number of carbonyl (C=O) groups is 1. The third-order valence-electron chi connectivity index (χ3n) is 3.69. The molecule has 1 aromatic carbocycles. The van der Waals surface area contributed by atoms with E-state index >= 15 is 0 Å². The van der Waals surface area contributed by atoms with E-state index < -0.39 is 0 Å². The zero-order valence-electron chi connectivity index (χ0n) is 12.2. The summed E-state index contributed by atoms with van der Waals surface area (Å²) in [7, 11) is 1.62. The number of ether oxygens (including phenoxy) is 1. The molecule has 1 fully saturated rings. The summed E-state index contributed by atoms with van der Waals surface area (Å²) in [6.45, 7) is 1.68. The van der Waals surface area contributed by atoms with Crippen LogP contribution in [-0.4, -0.2) is 47.8 Å². The summed E-state index contributed by atoms with van der Waals surface area (Å²) in [5, 5.41) is 4.55. The number of likely N-dealkylation sites (tertiary alicyclic amines) is 1. The molecule has 1 aliphatic heterocycles. The van der Waals surface area contributed by atoms with Gasteiger partial charge in [-0.1, -0.05) is 28.9 Å². The normalized spacial score (nSPS) is 18.2. The molecule has 1 atom stereocenters. The van der Waals surface area contributed by atoms with E-state index in [1.165, 1.54) is 0 Å². The molecule has 0 N–H and O–H groups in total. The van der Waals surface area contributed by atoms with Crippen LogP contribution in [0.4, 0.5) is 0 Å². The SMILES string of the molecule is COCCN1CC(c2nc(-c3ccccc3Cl)no2)CC1=O. The Balaban J connectivity index is 1.75. The molecule has 6 nitrogen and oxygen atoms in total. The van der Waals surface area contributed by atoms with Crippen LogP contribution in [-0.2, 0) is 9.53 Å². The van der Waals surface area contributed by atoms with Crippen molar-refractivity contribution < 1.29 is 14.1 Å². The first kappa shape index (κ1) is 15.0. The Labute approximate surface area is 133 Å². The molecule has 0 saturated carbocycles. The molecule has 1 aromatic heterocycles. The second-order valence-corrected chi connectivity index (χ2v) is 5.58. The molecule has 2 heterocycles. The second kappa shape index (κ2) is 6.46. The van der Waals surface area contributed by atoms with Gasteiger partial charge in [0.15, 0.2) is 0 Å². The zero-order chi connectivity index (χ0) is 15.5. The number of rotatable bonds is 5. The molecule has 3 rings (SSSR count). The van der Waals surface area contributed by atoms with Crippen molar-refractivity contribution in [3.8, 4) is 11.4 Å². The predicted molar refractivity (Wildman–Crippen MR) is 80.6 cm³/mol. The van der Waals surface area contributed by atoms with Gasteiger partial charge in [-0.3, -0.25) is 4.79 Å². The van der Waals surface area contributed by atoms with Crippen LogP contribution < -0.4 is 0 Å². The first-order valence-electron chi connectivity index (χ1n) is 7.04. The summed E-state index contributed by atoms with van der Waals surface area (Å²) in [4.78, 5) is 18.1. The lowest BCUT2D eigenvalue weighted by Gasteiger charge is -2.14. The Hall–Kier alpha value is -1.92. The summed E-state index contributed by atoms with van der Waals surface area (Å²) in [6, 6.07) is 7.32. The van der Waals surface area contributed by atoms with Crippen LogP contribution in [0, 0.1) is 0 Å². The van der Waals surface area contributed by atoms with Crippen molar-refractivity contribution >= 4 is 17.5 Å². The molecule has 116 valence electrons. The first-order valence-corrected chi connectivity index (χ1v) is 7.42. The number of aromatic nitrogens is 2. The summed E-state index contributed by atoms with van der Waals surface area (Å²) < 4.78 is 10.3. The minimum Gasteiger partial charge on any atom is -0.383 e. The van der Waals surface area contributed by atoms with Crippen molar-refractivity contribution in [2.45, 2.75) is 12.3 Å². The number of hydrogen-bond donors (Lipinski definition) is 0. The van der Waals surface area contributed by atoms with E-state index in [1.807, 2.05) is 18.2 Å². The highest BCUT2D eigenvalue weighted by molar-refractivity contribution is 6.33. The minimum atomic E-state index is -0.0758. The monoisotopic (exact) mass is 321 g/mol. The molecular formula is C15H16ClN3O3.